The van der Waals surface area contributed by atoms with Crippen LogP contribution in [0.3, 0.4) is 0 Å². The molecule has 0 spiro atoms. The highest BCUT2D eigenvalue weighted by Crippen LogP contribution is 2.29. The minimum atomic E-state index is -0.884. The van der Waals surface area contributed by atoms with Crippen LogP contribution in [0.4, 0.5) is 0 Å². The Balaban J connectivity index is 1.78. The predicted octanol–water partition coefficient (Wildman–Crippen LogP) is 4.60. The molecule has 4 heteroatoms. The number of fused-ring (bicyclic) bond motifs is 1. The Morgan fingerprint density at radius 3 is 2.42 bits per heavy atom. The van der Waals surface area contributed by atoms with Crippen molar-refractivity contribution in [3.63, 3.8) is 0 Å². The third kappa shape index (κ3) is 3.00. The molecule has 0 saturated carbocycles. The molecule has 0 amide bonds. The fourth-order valence-electron chi connectivity index (χ4n) is 3.04. The van der Waals surface area contributed by atoms with Gasteiger partial charge in [-0.3, -0.25) is 0 Å². The van der Waals surface area contributed by atoms with Gasteiger partial charge >= 0.3 is 0 Å². The smallest absolute Gasteiger partial charge is 0.162 e. The summed E-state index contributed by atoms with van der Waals surface area (Å²) in [5, 5.41) is 14.8. The van der Waals surface area contributed by atoms with E-state index in [1.807, 2.05) is 42.9 Å². The molecule has 2 heterocycles. The maximum absolute atomic E-state index is 10.3. The van der Waals surface area contributed by atoms with Crippen molar-refractivity contribution in [2.75, 3.05) is 0 Å². The number of aliphatic hydroxyl groups is 1. The molecule has 0 bridgehead atoms. The van der Waals surface area contributed by atoms with E-state index in [0.29, 0.717) is 0 Å². The Morgan fingerprint density at radius 1 is 0.923 bits per heavy atom. The van der Waals surface area contributed by atoms with Gasteiger partial charge in [-0.25, -0.2) is 9.50 Å². The van der Waals surface area contributed by atoms with E-state index in [4.69, 9.17) is 0 Å². The minimum Gasteiger partial charge on any atom is -0.386 e. The molecule has 4 nitrogen and oxygen atoms in total. The van der Waals surface area contributed by atoms with E-state index >= 15 is 0 Å². The average Bonchev–Trinajstić information content (AvgIpc) is 3.05. The number of nitrogens with zero attached hydrogens (tertiary/aromatic N) is 3. The van der Waals surface area contributed by atoms with Gasteiger partial charge in [-0.2, -0.15) is 5.10 Å². The number of hydrogen-bond donors (Lipinski definition) is 1. The highest BCUT2D eigenvalue weighted by molar-refractivity contribution is 5.78. The van der Waals surface area contributed by atoms with Crippen molar-refractivity contribution in [1.82, 2.24) is 14.6 Å². The maximum atomic E-state index is 10.3. The number of rotatable bonds is 3. The van der Waals surface area contributed by atoms with Crippen molar-refractivity contribution in [3.8, 4) is 22.3 Å². The lowest BCUT2D eigenvalue weighted by Crippen LogP contribution is -2.15. The first-order valence-electron chi connectivity index (χ1n) is 8.65. The summed E-state index contributed by atoms with van der Waals surface area (Å²) in [5.41, 5.74) is 6.10. The van der Waals surface area contributed by atoms with Gasteiger partial charge in [0.05, 0.1) is 11.8 Å². The molecule has 2 aromatic heterocycles. The molecule has 130 valence electrons. The van der Waals surface area contributed by atoms with Crippen LogP contribution in [0.1, 0.15) is 25.0 Å². The summed E-state index contributed by atoms with van der Waals surface area (Å²) in [4.78, 5) is 4.65. The van der Waals surface area contributed by atoms with Crippen molar-refractivity contribution in [3.05, 3.63) is 78.2 Å². The lowest BCUT2D eigenvalue weighted by atomic mass is 9.95. The zero-order chi connectivity index (χ0) is 18.3. The molecule has 0 atom stereocenters. The monoisotopic (exact) mass is 343 g/mol. The van der Waals surface area contributed by atoms with Crippen molar-refractivity contribution >= 4 is 5.65 Å². The second kappa shape index (κ2) is 6.07. The number of aryl methyl sites for hydroxylation is 1. The first-order valence-corrected chi connectivity index (χ1v) is 8.65. The van der Waals surface area contributed by atoms with Gasteiger partial charge in [0.25, 0.3) is 0 Å². The number of benzene rings is 2. The molecule has 0 saturated heterocycles. The van der Waals surface area contributed by atoms with Crippen molar-refractivity contribution in [2.24, 2.45) is 0 Å². The molecule has 4 aromatic rings. The molecule has 26 heavy (non-hydrogen) atoms. The van der Waals surface area contributed by atoms with E-state index in [1.54, 1.807) is 18.4 Å². The molecular weight excluding hydrogens is 322 g/mol. The summed E-state index contributed by atoms with van der Waals surface area (Å²) in [7, 11) is 0. The second-order valence-corrected chi connectivity index (χ2v) is 7.17. The molecule has 2 aromatic carbocycles. The normalized spacial score (nSPS) is 11.8. The van der Waals surface area contributed by atoms with Gasteiger partial charge < -0.3 is 5.11 Å². The number of aromatic nitrogens is 3. The lowest BCUT2D eigenvalue weighted by molar-refractivity contribution is 0.0786. The van der Waals surface area contributed by atoms with Gasteiger partial charge in [-0.15, -0.1) is 0 Å². The summed E-state index contributed by atoms with van der Waals surface area (Å²) >= 11 is 0. The minimum absolute atomic E-state index is 0.800. The van der Waals surface area contributed by atoms with Crippen molar-refractivity contribution in [2.45, 2.75) is 26.4 Å². The largest absolute Gasteiger partial charge is 0.386 e. The SMILES string of the molecule is Cc1ccc(-c2cnc3c(-c4cccc(C(C)(C)O)c4)cnn3c2)cc1. The molecule has 4 rings (SSSR count). The summed E-state index contributed by atoms with van der Waals surface area (Å²) < 4.78 is 1.81. The molecule has 0 aliphatic carbocycles. The van der Waals surface area contributed by atoms with Crippen LogP contribution >= 0.6 is 0 Å². The molecule has 1 N–H and O–H groups in total. The predicted molar refractivity (Wildman–Crippen MR) is 104 cm³/mol. The van der Waals surface area contributed by atoms with Crippen LogP contribution in [-0.4, -0.2) is 19.7 Å². The van der Waals surface area contributed by atoms with Crippen LogP contribution in [0.5, 0.6) is 0 Å². The van der Waals surface area contributed by atoms with Gasteiger partial charge in [-0.05, 0) is 43.5 Å². The third-order valence-corrected chi connectivity index (χ3v) is 4.62. The topological polar surface area (TPSA) is 50.4 Å². The van der Waals surface area contributed by atoms with E-state index in [1.165, 1.54) is 5.56 Å². The second-order valence-electron chi connectivity index (χ2n) is 7.17. The van der Waals surface area contributed by atoms with Crippen LogP contribution in [0.2, 0.25) is 0 Å². The number of hydrogen-bond acceptors (Lipinski definition) is 3. The van der Waals surface area contributed by atoms with Crippen LogP contribution in [-0.2, 0) is 5.60 Å². The third-order valence-electron chi connectivity index (χ3n) is 4.62. The quantitative estimate of drug-likeness (QED) is 0.591. The fraction of sp³-hybridized carbons (Fsp3) is 0.182. The van der Waals surface area contributed by atoms with Gasteiger partial charge in [0.15, 0.2) is 5.65 Å². The van der Waals surface area contributed by atoms with Crippen LogP contribution in [0.25, 0.3) is 27.9 Å². The molecule has 0 unspecified atom stereocenters. The van der Waals surface area contributed by atoms with Crippen LogP contribution in [0.15, 0.2) is 67.1 Å². The van der Waals surface area contributed by atoms with Gasteiger partial charge in [0, 0.05) is 23.5 Å². The van der Waals surface area contributed by atoms with Crippen LogP contribution in [0, 0.1) is 6.92 Å². The first-order chi connectivity index (χ1) is 12.4. The standard InChI is InChI=1S/C22H21N3O/c1-15-7-9-16(10-8-15)18-12-23-21-20(13-24-25(21)14-18)17-5-4-6-19(11-17)22(2,3)26/h4-14,26H,1-3H3. The highest BCUT2D eigenvalue weighted by atomic mass is 16.3. The molecule has 0 fully saturated rings. The Kier molecular flexibility index (Phi) is 3.85. The van der Waals surface area contributed by atoms with Gasteiger partial charge in [0.1, 0.15) is 0 Å². The Hall–Kier alpha value is -2.98. The summed E-state index contributed by atoms with van der Waals surface area (Å²) in [5.74, 6) is 0. The van der Waals surface area contributed by atoms with Crippen molar-refractivity contribution < 1.29 is 5.11 Å². The van der Waals surface area contributed by atoms with Crippen molar-refractivity contribution in [1.29, 1.82) is 0 Å². The fourth-order valence-corrected chi connectivity index (χ4v) is 3.04. The maximum Gasteiger partial charge on any atom is 0.162 e. The van der Waals surface area contributed by atoms with Gasteiger partial charge in [-0.1, -0.05) is 48.0 Å². The van der Waals surface area contributed by atoms with E-state index in [9.17, 15) is 5.11 Å². The van der Waals surface area contributed by atoms with E-state index in [0.717, 1.165) is 33.5 Å². The zero-order valence-electron chi connectivity index (χ0n) is 15.1. The zero-order valence-corrected chi connectivity index (χ0v) is 15.1. The highest BCUT2D eigenvalue weighted by Gasteiger charge is 2.17. The summed E-state index contributed by atoms with van der Waals surface area (Å²) in [6.07, 6.45) is 5.70. The molecule has 0 aliphatic rings. The van der Waals surface area contributed by atoms with E-state index < -0.39 is 5.60 Å². The van der Waals surface area contributed by atoms with Gasteiger partial charge in [0.2, 0.25) is 0 Å². The summed E-state index contributed by atoms with van der Waals surface area (Å²) in [6.45, 7) is 5.65. The molecule has 0 radical (unpaired) electrons. The lowest BCUT2D eigenvalue weighted by Gasteiger charge is -2.18. The Morgan fingerprint density at radius 2 is 1.69 bits per heavy atom. The Labute approximate surface area is 152 Å². The van der Waals surface area contributed by atoms with E-state index in [-0.39, 0.29) is 0 Å². The first kappa shape index (κ1) is 16.5. The Bertz CT molecular complexity index is 1070. The summed E-state index contributed by atoms with van der Waals surface area (Å²) in [6, 6.07) is 16.3. The molecular formula is C22H21N3O. The van der Waals surface area contributed by atoms with E-state index in [2.05, 4.69) is 41.3 Å². The molecule has 0 aliphatic heterocycles. The van der Waals surface area contributed by atoms with Crippen LogP contribution < -0.4 is 0 Å². The average molecular weight is 343 g/mol.